The second-order valence-electron chi connectivity index (χ2n) is 2.53. The molecule has 0 radical (unpaired) electrons. The van der Waals surface area contributed by atoms with Crippen LogP contribution in [0, 0.1) is 0 Å². The lowest BCUT2D eigenvalue weighted by Gasteiger charge is -1.94. The fourth-order valence-electron chi connectivity index (χ4n) is 0.940. The van der Waals surface area contributed by atoms with Gasteiger partial charge in [0, 0.05) is 11.1 Å². The van der Waals surface area contributed by atoms with Gasteiger partial charge in [0.1, 0.15) is 11.4 Å². The molecule has 2 aromatic rings. The first kappa shape index (κ1) is 9.64. The fraction of sp³-hybridized carbons (Fsp3) is 0.111. The Kier molecular flexibility index (Phi) is 3.13. The molecule has 72 valence electrons. The third-order valence-corrected chi connectivity index (χ3v) is 3.71. The molecule has 0 atom stereocenters. The Morgan fingerprint density at radius 2 is 2.29 bits per heavy atom. The zero-order chi connectivity index (χ0) is 9.80. The Bertz CT molecular complexity index is 402. The topological polar surface area (TPSA) is 46.0 Å². The molecule has 0 saturated heterocycles. The summed E-state index contributed by atoms with van der Waals surface area (Å²) < 4.78 is 1.13. The van der Waals surface area contributed by atoms with Crippen LogP contribution in [-0.2, 0) is 6.61 Å². The molecule has 0 amide bonds. The summed E-state index contributed by atoms with van der Waals surface area (Å²) in [6, 6.07) is 5.78. The number of nitrogens with zero attached hydrogens (tertiary/aromatic N) is 2. The molecule has 0 fully saturated rings. The number of aliphatic hydroxyl groups is 1. The molecule has 5 heteroatoms. The van der Waals surface area contributed by atoms with Gasteiger partial charge in [-0.3, -0.25) is 0 Å². The molecule has 3 nitrogen and oxygen atoms in total. The lowest BCUT2D eigenvalue weighted by molar-refractivity contribution is 0.285. The van der Waals surface area contributed by atoms with E-state index in [9.17, 15) is 0 Å². The fourth-order valence-corrected chi connectivity index (χ4v) is 2.85. The molecule has 0 saturated carbocycles. The molecule has 2 heterocycles. The van der Waals surface area contributed by atoms with Gasteiger partial charge in [-0.25, -0.2) is 9.97 Å². The van der Waals surface area contributed by atoms with Crippen molar-refractivity contribution in [2.24, 2.45) is 0 Å². The van der Waals surface area contributed by atoms with E-state index in [1.165, 1.54) is 6.33 Å². The van der Waals surface area contributed by atoms with E-state index in [0.717, 1.165) is 14.1 Å². The quantitative estimate of drug-likeness (QED) is 0.812. The summed E-state index contributed by atoms with van der Waals surface area (Å²) in [5.74, 6) is 0. The van der Waals surface area contributed by atoms with Crippen molar-refractivity contribution in [2.75, 3.05) is 0 Å². The van der Waals surface area contributed by atoms with Crippen molar-refractivity contribution < 1.29 is 5.11 Å². The Labute approximate surface area is 89.9 Å². The summed E-state index contributed by atoms with van der Waals surface area (Å²) >= 11 is 3.16. The molecular weight excluding hydrogens is 216 g/mol. The van der Waals surface area contributed by atoms with E-state index in [-0.39, 0.29) is 6.61 Å². The predicted octanol–water partition coefficient (Wildman–Crippen LogP) is 2.18. The Balaban J connectivity index is 2.11. The Morgan fingerprint density at radius 1 is 1.36 bits per heavy atom. The zero-order valence-corrected chi connectivity index (χ0v) is 8.88. The van der Waals surface area contributed by atoms with Gasteiger partial charge in [-0.1, -0.05) is 11.8 Å². The maximum Gasteiger partial charge on any atom is 0.116 e. The molecule has 0 aliphatic heterocycles. The average Bonchev–Trinajstić information content (AvgIpc) is 2.67. The van der Waals surface area contributed by atoms with Crippen LogP contribution in [0.4, 0.5) is 0 Å². The van der Waals surface area contributed by atoms with Crippen LogP contribution in [0.5, 0.6) is 0 Å². The van der Waals surface area contributed by atoms with E-state index in [4.69, 9.17) is 5.11 Å². The van der Waals surface area contributed by atoms with E-state index in [0.29, 0.717) is 0 Å². The number of rotatable bonds is 3. The molecular formula is C9H8N2OS2. The largest absolute Gasteiger partial charge is 0.391 e. The molecule has 2 rings (SSSR count). The van der Waals surface area contributed by atoms with Crippen LogP contribution in [0.2, 0.25) is 0 Å². The number of hydrogen-bond donors (Lipinski definition) is 1. The number of hydrogen-bond acceptors (Lipinski definition) is 5. The van der Waals surface area contributed by atoms with Crippen molar-refractivity contribution in [1.82, 2.24) is 9.97 Å². The van der Waals surface area contributed by atoms with Crippen molar-refractivity contribution in [3.05, 3.63) is 35.6 Å². The van der Waals surface area contributed by atoms with E-state index in [1.807, 2.05) is 18.2 Å². The second kappa shape index (κ2) is 4.54. The SMILES string of the molecule is OCc1ccc(Sc2ccncn2)s1. The molecule has 14 heavy (non-hydrogen) atoms. The smallest absolute Gasteiger partial charge is 0.116 e. The maximum atomic E-state index is 8.89. The second-order valence-corrected chi connectivity index (χ2v) is 5.02. The predicted molar refractivity (Wildman–Crippen MR) is 56.4 cm³/mol. The van der Waals surface area contributed by atoms with Crippen LogP contribution < -0.4 is 0 Å². The van der Waals surface area contributed by atoms with Crippen LogP contribution in [0.3, 0.4) is 0 Å². The lowest BCUT2D eigenvalue weighted by atomic mass is 10.5. The van der Waals surface area contributed by atoms with Crippen molar-refractivity contribution in [3.63, 3.8) is 0 Å². The van der Waals surface area contributed by atoms with Gasteiger partial charge in [-0.2, -0.15) is 0 Å². The van der Waals surface area contributed by atoms with E-state index >= 15 is 0 Å². The summed E-state index contributed by atoms with van der Waals surface area (Å²) in [5.41, 5.74) is 0. The first-order valence-corrected chi connectivity index (χ1v) is 5.65. The van der Waals surface area contributed by atoms with Gasteiger partial charge in [-0.15, -0.1) is 11.3 Å². The highest BCUT2D eigenvalue weighted by molar-refractivity contribution is 8.01. The summed E-state index contributed by atoms with van der Waals surface area (Å²) in [4.78, 5) is 8.93. The molecule has 0 aromatic carbocycles. The summed E-state index contributed by atoms with van der Waals surface area (Å²) in [5, 5.41) is 9.82. The highest BCUT2D eigenvalue weighted by Crippen LogP contribution is 2.31. The molecule has 0 unspecified atom stereocenters. The van der Waals surface area contributed by atoms with Crippen LogP contribution in [-0.4, -0.2) is 15.1 Å². The number of aliphatic hydroxyl groups excluding tert-OH is 1. The van der Waals surface area contributed by atoms with Crippen molar-refractivity contribution in [3.8, 4) is 0 Å². The molecule has 2 aromatic heterocycles. The normalized spacial score (nSPS) is 10.4. The monoisotopic (exact) mass is 224 g/mol. The van der Waals surface area contributed by atoms with Crippen LogP contribution in [0.1, 0.15) is 4.88 Å². The highest BCUT2D eigenvalue weighted by Gasteiger charge is 2.01. The van der Waals surface area contributed by atoms with E-state index < -0.39 is 0 Å². The van der Waals surface area contributed by atoms with Gasteiger partial charge in [0.15, 0.2) is 0 Å². The number of thiophene rings is 1. The first-order valence-electron chi connectivity index (χ1n) is 4.02. The molecule has 0 aliphatic rings. The van der Waals surface area contributed by atoms with Crippen molar-refractivity contribution in [2.45, 2.75) is 15.8 Å². The van der Waals surface area contributed by atoms with Crippen LogP contribution in [0.25, 0.3) is 0 Å². The van der Waals surface area contributed by atoms with Crippen molar-refractivity contribution in [1.29, 1.82) is 0 Å². The molecule has 0 bridgehead atoms. The molecule has 1 N–H and O–H groups in total. The molecule has 0 aliphatic carbocycles. The van der Waals surface area contributed by atoms with Gasteiger partial charge >= 0.3 is 0 Å². The maximum absolute atomic E-state index is 8.89. The average molecular weight is 224 g/mol. The highest BCUT2D eigenvalue weighted by atomic mass is 32.2. The number of aromatic nitrogens is 2. The lowest BCUT2D eigenvalue weighted by Crippen LogP contribution is -1.77. The van der Waals surface area contributed by atoms with Crippen LogP contribution >= 0.6 is 23.1 Å². The summed E-state index contributed by atoms with van der Waals surface area (Å²) in [6.07, 6.45) is 3.25. The zero-order valence-electron chi connectivity index (χ0n) is 7.25. The third kappa shape index (κ3) is 2.31. The standard InChI is InChI=1S/C9H8N2OS2/c12-5-7-1-2-9(13-7)14-8-3-4-10-6-11-8/h1-4,6,12H,5H2. The minimum Gasteiger partial charge on any atom is -0.391 e. The third-order valence-electron chi connectivity index (χ3n) is 1.55. The summed E-state index contributed by atoms with van der Waals surface area (Å²) in [6.45, 7) is 0.106. The van der Waals surface area contributed by atoms with Crippen molar-refractivity contribution >= 4 is 23.1 Å². The minimum absolute atomic E-state index is 0.106. The van der Waals surface area contributed by atoms with Crippen LogP contribution in [0.15, 0.2) is 40.0 Å². The van der Waals surface area contributed by atoms with Gasteiger partial charge in [-0.05, 0) is 18.2 Å². The minimum atomic E-state index is 0.106. The van der Waals surface area contributed by atoms with E-state index in [1.54, 1.807) is 29.3 Å². The Morgan fingerprint density at radius 3 is 2.93 bits per heavy atom. The van der Waals surface area contributed by atoms with Gasteiger partial charge < -0.3 is 5.11 Å². The summed E-state index contributed by atoms with van der Waals surface area (Å²) in [7, 11) is 0. The van der Waals surface area contributed by atoms with E-state index in [2.05, 4.69) is 9.97 Å². The Hall–Kier alpha value is -0.910. The first-order chi connectivity index (χ1) is 6.88. The van der Waals surface area contributed by atoms with Gasteiger partial charge in [0.25, 0.3) is 0 Å². The van der Waals surface area contributed by atoms with Gasteiger partial charge in [0.05, 0.1) is 10.8 Å². The van der Waals surface area contributed by atoms with Gasteiger partial charge in [0.2, 0.25) is 0 Å². The molecule has 0 spiro atoms.